The maximum atomic E-state index is 12.2. The Morgan fingerprint density at radius 3 is 2.95 bits per heavy atom. The number of phenols is 1. The largest absolute Gasteiger partial charge is 0.508 e. The number of amides is 1. The molecular formula is C16H19ClN2O2. The van der Waals surface area contributed by atoms with E-state index in [2.05, 4.69) is 5.32 Å². The first kappa shape index (κ1) is 13.4. The molecule has 2 heterocycles. The molecule has 2 N–H and O–H groups in total. The van der Waals surface area contributed by atoms with Crippen LogP contribution in [0, 0.1) is 5.41 Å². The second-order valence-corrected chi connectivity index (χ2v) is 7.07. The summed E-state index contributed by atoms with van der Waals surface area (Å²) < 4.78 is 0. The average Bonchev–Trinajstić information content (AvgIpc) is 3.14. The number of hydrogen-bond acceptors (Lipinski definition) is 3. The molecule has 112 valence electrons. The van der Waals surface area contributed by atoms with Crippen molar-refractivity contribution in [1.29, 1.82) is 0 Å². The molecule has 1 saturated carbocycles. The van der Waals surface area contributed by atoms with Gasteiger partial charge in [0.1, 0.15) is 5.75 Å². The van der Waals surface area contributed by atoms with Gasteiger partial charge < -0.3 is 15.3 Å². The van der Waals surface area contributed by atoms with Crippen LogP contribution in [-0.2, 0) is 11.2 Å². The number of halogens is 1. The van der Waals surface area contributed by atoms with Gasteiger partial charge in [0, 0.05) is 30.1 Å². The summed E-state index contributed by atoms with van der Waals surface area (Å²) in [6.07, 6.45) is 3.88. The standard InChI is InChI=1S/C16H19ClN2O2/c17-11-1-2-13(20)15-10(11)3-6-18-12(15)8-19-9-16(4-5-16)7-14(19)21/h1-2,12,18,20H,3-9H2/t12-/m1/s1. The van der Waals surface area contributed by atoms with Crippen LogP contribution in [0.25, 0.3) is 0 Å². The minimum Gasteiger partial charge on any atom is -0.508 e. The van der Waals surface area contributed by atoms with Crippen molar-refractivity contribution < 1.29 is 9.90 Å². The number of nitrogens with one attached hydrogen (secondary N) is 1. The lowest BCUT2D eigenvalue weighted by Crippen LogP contribution is -2.40. The second-order valence-electron chi connectivity index (χ2n) is 6.67. The highest BCUT2D eigenvalue weighted by Crippen LogP contribution is 2.53. The predicted octanol–water partition coefficient (Wildman–Crippen LogP) is 2.24. The molecule has 0 bridgehead atoms. The normalized spacial score (nSPS) is 26.2. The molecule has 0 radical (unpaired) electrons. The van der Waals surface area contributed by atoms with E-state index in [1.54, 1.807) is 12.1 Å². The number of nitrogens with zero attached hydrogens (tertiary/aromatic N) is 1. The van der Waals surface area contributed by atoms with Crippen molar-refractivity contribution >= 4 is 17.5 Å². The van der Waals surface area contributed by atoms with Gasteiger partial charge in [0.25, 0.3) is 0 Å². The number of benzene rings is 1. The zero-order valence-electron chi connectivity index (χ0n) is 11.9. The van der Waals surface area contributed by atoms with E-state index in [0.717, 1.165) is 30.6 Å². The molecule has 21 heavy (non-hydrogen) atoms. The molecule has 1 saturated heterocycles. The van der Waals surface area contributed by atoms with Crippen molar-refractivity contribution in [2.75, 3.05) is 19.6 Å². The smallest absolute Gasteiger partial charge is 0.223 e. The molecule has 5 heteroatoms. The van der Waals surface area contributed by atoms with E-state index in [-0.39, 0.29) is 23.1 Å². The third-order valence-corrected chi connectivity index (χ3v) is 5.51. The Morgan fingerprint density at radius 2 is 2.24 bits per heavy atom. The van der Waals surface area contributed by atoms with E-state index in [1.807, 2.05) is 4.90 Å². The fraction of sp³-hybridized carbons (Fsp3) is 0.562. The minimum absolute atomic E-state index is 0.0229. The highest BCUT2D eigenvalue weighted by molar-refractivity contribution is 6.31. The van der Waals surface area contributed by atoms with E-state index in [1.165, 1.54) is 12.8 Å². The number of rotatable bonds is 2. The van der Waals surface area contributed by atoms with Gasteiger partial charge in [-0.05, 0) is 48.9 Å². The third-order valence-electron chi connectivity index (χ3n) is 5.16. The Balaban J connectivity index is 1.60. The van der Waals surface area contributed by atoms with Gasteiger partial charge in [-0.3, -0.25) is 4.79 Å². The van der Waals surface area contributed by atoms with Crippen molar-refractivity contribution in [3.63, 3.8) is 0 Å². The van der Waals surface area contributed by atoms with Crippen LogP contribution in [0.5, 0.6) is 5.75 Å². The molecule has 2 fully saturated rings. The Kier molecular flexibility index (Phi) is 2.95. The van der Waals surface area contributed by atoms with Gasteiger partial charge in [0.2, 0.25) is 5.91 Å². The molecule has 3 aliphatic rings. The van der Waals surface area contributed by atoms with Gasteiger partial charge in [-0.1, -0.05) is 11.6 Å². The number of phenolic OH excluding ortho intramolecular Hbond substituents is 1. The van der Waals surface area contributed by atoms with E-state index in [0.29, 0.717) is 18.0 Å². The molecule has 2 aliphatic heterocycles. The fourth-order valence-corrected chi connectivity index (χ4v) is 4.04. The van der Waals surface area contributed by atoms with Crippen molar-refractivity contribution in [3.8, 4) is 5.75 Å². The molecule has 1 atom stereocenters. The molecule has 1 aliphatic carbocycles. The summed E-state index contributed by atoms with van der Waals surface area (Å²) in [5.41, 5.74) is 2.18. The Labute approximate surface area is 129 Å². The molecule has 1 aromatic carbocycles. The summed E-state index contributed by atoms with van der Waals surface area (Å²) >= 11 is 6.26. The molecule has 0 aromatic heterocycles. The maximum Gasteiger partial charge on any atom is 0.223 e. The molecule has 1 spiro atoms. The second kappa shape index (κ2) is 4.62. The first-order valence-electron chi connectivity index (χ1n) is 7.59. The number of carbonyl (C=O) groups is 1. The van der Waals surface area contributed by atoms with Crippen molar-refractivity contribution in [1.82, 2.24) is 10.2 Å². The molecule has 4 nitrogen and oxygen atoms in total. The van der Waals surface area contributed by atoms with E-state index in [4.69, 9.17) is 11.6 Å². The van der Waals surface area contributed by atoms with Crippen molar-refractivity contribution in [3.05, 3.63) is 28.3 Å². The van der Waals surface area contributed by atoms with Crippen LogP contribution in [-0.4, -0.2) is 35.5 Å². The summed E-state index contributed by atoms with van der Waals surface area (Å²) in [5.74, 6) is 0.530. The van der Waals surface area contributed by atoms with Crippen LogP contribution < -0.4 is 5.32 Å². The predicted molar refractivity (Wildman–Crippen MR) is 80.4 cm³/mol. The number of fused-ring (bicyclic) bond motifs is 1. The molecule has 0 unspecified atom stereocenters. The van der Waals surface area contributed by atoms with Gasteiger partial charge >= 0.3 is 0 Å². The first-order chi connectivity index (χ1) is 10.1. The number of hydrogen-bond donors (Lipinski definition) is 2. The Hall–Kier alpha value is -1.26. The van der Waals surface area contributed by atoms with Gasteiger partial charge in [-0.25, -0.2) is 0 Å². The van der Waals surface area contributed by atoms with Crippen molar-refractivity contribution in [2.24, 2.45) is 5.41 Å². The summed E-state index contributed by atoms with van der Waals surface area (Å²) in [6, 6.07) is 3.37. The van der Waals surface area contributed by atoms with Gasteiger partial charge in [0.05, 0.1) is 6.04 Å². The highest BCUT2D eigenvalue weighted by Gasteiger charge is 2.51. The molecule has 1 aromatic rings. The zero-order chi connectivity index (χ0) is 14.6. The lowest BCUT2D eigenvalue weighted by molar-refractivity contribution is -0.128. The van der Waals surface area contributed by atoms with Crippen LogP contribution in [0.1, 0.15) is 36.4 Å². The first-order valence-corrected chi connectivity index (χ1v) is 7.97. The highest BCUT2D eigenvalue weighted by atomic mass is 35.5. The zero-order valence-corrected chi connectivity index (χ0v) is 12.6. The number of likely N-dealkylation sites (tertiary alicyclic amines) is 1. The molecular weight excluding hydrogens is 288 g/mol. The average molecular weight is 307 g/mol. The Bertz CT molecular complexity index is 613. The van der Waals surface area contributed by atoms with E-state index < -0.39 is 0 Å². The van der Waals surface area contributed by atoms with Crippen LogP contribution in [0.4, 0.5) is 0 Å². The summed E-state index contributed by atoms with van der Waals surface area (Å²) in [5, 5.41) is 14.3. The molecule has 1 amide bonds. The summed E-state index contributed by atoms with van der Waals surface area (Å²) in [6.45, 7) is 2.33. The topological polar surface area (TPSA) is 52.6 Å². The minimum atomic E-state index is -0.0229. The van der Waals surface area contributed by atoms with Crippen LogP contribution in [0.15, 0.2) is 12.1 Å². The van der Waals surface area contributed by atoms with Gasteiger partial charge in [-0.2, -0.15) is 0 Å². The summed E-state index contributed by atoms with van der Waals surface area (Å²) in [4.78, 5) is 14.1. The third kappa shape index (κ3) is 2.21. The van der Waals surface area contributed by atoms with E-state index >= 15 is 0 Å². The number of aromatic hydroxyl groups is 1. The fourth-order valence-electron chi connectivity index (χ4n) is 3.78. The van der Waals surface area contributed by atoms with Crippen molar-refractivity contribution in [2.45, 2.75) is 31.7 Å². The van der Waals surface area contributed by atoms with Gasteiger partial charge in [0.15, 0.2) is 0 Å². The quantitative estimate of drug-likeness (QED) is 0.881. The van der Waals surface area contributed by atoms with Gasteiger partial charge in [-0.15, -0.1) is 0 Å². The van der Waals surface area contributed by atoms with Crippen LogP contribution >= 0.6 is 11.6 Å². The monoisotopic (exact) mass is 306 g/mol. The lowest BCUT2D eigenvalue weighted by atomic mass is 9.93. The Morgan fingerprint density at radius 1 is 1.43 bits per heavy atom. The SMILES string of the molecule is O=C1CC2(CC2)CN1C[C@H]1NCCc2c(Cl)ccc(O)c21. The maximum absolute atomic E-state index is 12.2. The lowest BCUT2D eigenvalue weighted by Gasteiger charge is -2.31. The van der Waals surface area contributed by atoms with Crippen LogP contribution in [0.2, 0.25) is 5.02 Å². The van der Waals surface area contributed by atoms with E-state index in [9.17, 15) is 9.90 Å². The summed E-state index contributed by atoms with van der Waals surface area (Å²) in [7, 11) is 0. The molecule has 4 rings (SSSR count). The van der Waals surface area contributed by atoms with Crippen LogP contribution in [0.3, 0.4) is 0 Å². The number of carbonyl (C=O) groups excluding carboxylic acids is 1.